The fourth-order valence-electron chi connectivity index (χ4n) is 1.79. The topological polar surface area (TPSA) is 63.8 Å². The van der Waals surface area contributed by atoms with Crippen molar-refractivity contribution in [3.05, 3.63) is 11.4 Å². The van der Waals surface area contributed by atoms with Crippen molar-refractivity contribution in [2.45, 2.75) is 39.2 Å². The third kappa shape index (κ3) is 2.83. The van der Waals surface area contributed by atoms with Gasteiger partial charge >= 0.3 is 0 Å². The number of nitrogens with zero attached hydrogens (tertiary/aromatic N) is 2. The Morgan fingerprint density at radius 3 is 2.76 bits per heavy atom. The van der Waals surface area contributed by atoms with Crippen molar-refractivity contribution in [3.8, 4) is 0 Å². The second-order valence-corrected chi connectivity index (χ2v) is 5.95. The highest BCUT2D eigenvalue weighted by Crippen LogP contribution is 2.25. The Morgan fingerprint density at radius 1 is 1.41 bits per heavy atom. The van der Waals surface area contributed by atoms with Gasteiger partial charge in [-0.2, -0.15) is 11.8 Å². The van der Waals surface area contributed by atoms with Crippen LogP contribution in [-0.4, -0.2) is 27.5 Å². The summed E-state index contributed by atoms with van der Waals surface area (Å²) >= 11 is 1.98. The summed E-state index contributed by atoms with van der Waals surface area (Å²) in [5.74, 6) is 5.01. The fourth-order valence-corrected chi connectivity index (χ4v) is 2.94. The Balaban J connectivity index is 2.24. The molecule has 1 fully saturated rings. The first-order chi connectivity index (χ1) is 8.08. The molecule has 1 saturated heterocycles. The fraction of sp³-hybridized carbons (Fsp3) is 0.667. The van der Waals surface area contributed by atoms with E-state index in [1.54, 1.807) is 0 Å². The van der Waals surface area contributed by atoms with Crippen LogP contribution < -0.4 is 11.1 Å². The zero-order valence-corrected chi connectivity index (χ0v) is 11.5. The third-order valence-corrected chi connectivity index (χ3v) is 4.15. The van der Waals surface area contributed by atoms with Gasteiger partial charge in [-0.25, -0.2) is 9.97 Å². The van der Waals surface area contributed by atoms with Crippen molar-refractivity contribution in [3.63, 3.8) is 0 Å². The van der Waals surface area contributed by atoms with Crippen molar-refractivity contribution < 1.29 is 0 Å². The molecule has 0 amide bonds. The predicted molar refractivity (Wildman–Crippen MR) is 74.6 cm³/mol. The molecule has 3 N–H and O–H groups in total. The quantitative estimate of drug-likeness (QED) is 0.865. The van der Waals surface area contributed by atoms with Crippen LogP contribution in [0.15, 0.2) is 0 Å². The maximum Gasteiger partial charge on any atom is 0.135 e. The first kappa shape index (κ1) is 12.5. The maximum absolute atomic E-state index is 5.94. The van der Waals surface area contributed by atoms with Crippen molar-refractivity contribution >= 4 is 23.4 Å². The van der Waals surface area contributed by atoms with Crippen LogP contribution in [0, 0.1) is 6.92 Å². The molecular weight excluding hydrogens is 232 g/mol. The third-order valence-electron chi connectivity index (χ3n) is 2.99. The van der Waals surface area contributed by atoms with Gasteiger partial charge < -0.3 is 11.1 Å². The number of thioether (sulfide) groups is 1. The summed E-state index contributed by atoms with van der Waals surface area (Å²) in [7, 11) is 0. The highest BCUT2D eigenvalue weighted by atomic mass is 32.2. The predicted octanol–water partition coefficient (Wildman–Crippen LogP) is 2.41. The van der Waals surface area contributed by atoms with Crippen LogP contribution in [0.3, 0.4) is 0 Å². The summed E-state index contributed by atoms with van der Waals surface area (Å²) in [5.41, 5.74) is 6.90. The van der Waals surface area contributed by atoms with Gasteiger partial charge in [-0.15, -0.1) is 0 Å². The molecule has 0 aliphatic carbocycles. The van der Waals surface area contributed by atoms with E-state index in [-0.39, 0.29) is 0 Å². The minimum absolute atomic E-state index is 0.302. The number of anilines is 2. The number of nitrogen functional groups attached to an aromatic ring is 1. The van der Waals surface area contributed by atoms with Gasteiger partial charge in [-0.1, -0.05) is 13.8 Å². The van der Waals surface area contributed by atoms with Crippen LogP contribution in [0.1, 0.15) is 37.6 Å². The smallest absolute Gasteiger partial charge is 0.135 e. The summed E-state index contributed by atoms with van der Waals surface area (Å²) in [6.45, 7) is 6.14. The molecule has 94 valence electrons. The van der Waals surface area contributed by atoms with Crippen LogP contribution in [-0.2, 0) is 0 Å². The molecule has 2 heterocycles. The molecule has 1 atom stereocenters. The lowest BCUT2D eigenvalue weighted by molar-refractivity contribution is 0.759. The molecule has 1 aromatic rings. The molecule has 0 aromatic carbocycles. The monoisotopic (exact) mass is 252 g/mol. The van der Waals surface area contributed by atoms with Gasteiger partial charge in [0, 0.05) is 23.3 Å². The van der Waals surface area contributed by atoms with E-state index in [0.29, 0.717) is 17.8 Å². The van der Waals surface area contributed by atoms with E-state index >= 15 is 0 Å². The summed E-state index contributed by atoms with van der Waals surface area (Å²) in [6, 6.07) is 0.521. The van der Waals surface area contributed by atoms with Crippen LogP contribution in [0.25, 0.3) is 0 Å². The molecule has 0 bridgehead atoms. The Bertz CT molecular complexity index is 400. The minimum atomic E-state index is 0.302. The van der Waals surface area contributed by atoms with E-state index in [4.69, 9.17) is 5.73 Å². The second-order valence-electron chi connectivity index (χ2n) is 4.80. The first-order valence-electron chi connectivity index (χ1n) is 6.06. The molecule has 1 aliphatic heterocycles. The van der Waals surface area contributed by atoms with E-state index < -0.39 is 0 Å². The number of rotatable bonds is 3. The molecular formula is C12H20N4S. The zero-order valence-electron chi connectivity index (χ0n) is 10.7. The van der Waals surface area contributed by atoms with Crippen molar-refractivity contribution in [1.82, 2.24) is 9.97 Å². The molecule has 5 heteroatoms. The number of hydrogen-bond acceptors (Lipinski definition) is 5. The molecule has 2 rings (SSSR count). The first-order valence-corrected chi connectivity index (χ1v) is 7.21. The van der Waals surface area contributed by atoms with Gasteiger partial charge in [-0.3, -0.25) is 0 Å². The van der Waals surface area contributed by atoms with Crippen LogP contribution in [0.5, 0.6) is 0 Å². The normalized spacial score (nSPS) is 19.9. The minimum Gasteiger partial charge on any atom is -0.383 e. The number of hydrogen-bond donors (Lipinski definition) is 2. The van der Waals surface area contributed by atoms with E-state index in [1.165, 1.54) is 12.2 Å². The van der Waals surface area contributed by atoms with Crippen molar-refractivity contribution in [2.75, 3.05) is 22.6 Å². The highest BCUT2D eigenvalue weighted by Gasteiger charge is 2.18. The molecule has 1 aliphatic rings. The summed E-state index contributed by atoms with van der Waals surface area (Å²) in [6.07, 6.45) is 1.20. The largest absolute Gasteiger partial charge is 0.383 e. The highest BCUT2D eigenvalue weighted by molar-refractivity contribution is 7.99. The van der Waals surface area contributed by atoms with E-state index in [2.05, 4.69) is 29.1 Å². The average molecular weight is 252 g/mol. The van der Waals surface area contributed by atoms with Gasteiger partial charge in [0.05, 0.1) is 0 Å². The summed E-state index contributed by atoms with van der Waals surface area (Å²) < 4.78 is 0. The molecule has 1 aromatic heterocycles. The Kier molecular flexibility index (Phi) is 3.76. The summed E-state index contributed by atoms with van der Waals surface area (Å²) in [5, 5.41) is 3.49. The maximum atomic E-state index is 5.94. The van der Waals surface area contributed by atoms with E-state index in [9.17, 15) is 0 Å². The molecule has 1 unspecified atom stereocenters. The lowest BCUT2D eigenvalue weighted by atomic mass is 10.2. The summed E-state index contributed by atoms with van der Waals surface area (Å²) in [4.78, 5) is 8.91. The number of nitrogens with two attached hydrogens (primary N) is 1. The van der Waals surface area contributed by atoms with Gasteiger partial charge in [0.15, 0.2) is 0 Å². The SMILES string of the molecule is Cc1c(N)nc(C(C)C)nc1NC1CCSC1. The number of aromatic nitrogens is 2. The standard InChI is InChI=1S/C12H20N4S/c1-7(2)11-15-10(13)8(3)12(16-11)14-9-4-5-17-6-9/h7,9H,4-6H2,1-3H3,(H3,13,14,15,16). The molecule has 4 nitrogen and oxygen atoms in total. The molecule has 17 heavy (non-hydrogen) atoms. The zero-order chi connectivity index (χ0) is 12.4. The average Bonchev–Trinajstić information content (AvgIpc) is 2.77. The lowest BCUT2D eigenvalue weighted by Gasteiger charge is -2.17. The number of nitrogens with one attached hydrogen (secondary N) is 1. The van der Waals surface area contributed by atoms with E-state index in [1.807, 2.05) is 18.7 Å². The molecule has 0 radical (unpaired) electrons. The van der Waals surface area contributed by atoms with Gasteiger partial charge in [0.25, 0.3) is 0 Å². The second kappa shape index (κ2) is 5.12. The Labute approximate surface area is 107 Å². The lowest BCUT2D eigenvalue weighted by Crippen LogP contribution is -2.21. The Morgan fingerprint density at radius 2 is 2.18 bits per heavy atom. The molecule has 0 spiro atoms. The van der Waals surface area contributed by atoms with Crippen LogP contribution in [0.2, 0.25) is 0 Å². The van der Waals surface area contributed by atoms with Gasteiger partial charge in [0.2, 0.25) is 0 Å². The van der Waals surface area contributed by atoms with Gasteiger partial charge in [0.1, 0.15) is 17.5 Å². The van der Waals surface area contributed by atoms with E-state index in [0.717, 1.165) is 23.0 Å². The van der Waals surface area contributed by atoms with Gasteiger partial charge in [-0.05, 0) is 19.1 Å². The van der Waals surface area contributed by atoms with Crippen molar-refractivity contribution in [2.24, 2.45) is 0 Å². The van der Waals surface area contributed by atoms with Crippen LogP contribution in [0.4, 0.5) is 11.6 Å². The van der Waals surface area contributed by atoms with Crippen molar-refractivity contribution in [1.29, 1.82) is 0 Å². The Hall–Kier alpha value is -0.970. The molecule has 0 saturated carbocycles. The van der Waals surface area contributed by atoms with Crippen LogP contribution >= 0.6 is 11.8 Å².